The second-order valence-electron chi connectivity index (χ2n) is 7.14. The van der Waals surface area contributed by atoms with Gasteiger partial charge in [0.25, 0.3) is 0 Å². The predicted molar refractivity (Wildman–Crippen MR) is 97.5 cm³/mol. The van der Waals surface area contributed by atoms with Gasteiger partial charge in [0.05, 0.1) is 38.2 Å². The van der Waals surface area contributed by atoms with Crippen LogP contribution < -0.4 is 4.74 Å². The first-order valence-corrected chi connectivity index (χ1v) is 8.56. The summed E-state index contributed by atoms with van der Waals surface area (Å²) in [6.45, 7) is 7.98. The molecule has 0 bridgehead atoms. The maximum Gasteiger partial charge on any atom is 0.123 e. The maximum atomic E-state index is 10.4. The Morgan fingerprint density at radius 3 is 2.52 bits per heavy atom. The SMILES string of the molecule is COc1ccccc1CN(Cc1ccco1)C[C@H](O)COC(C)(C)C. The Morgan fingerprint density at radius 2 is 1.88 bits per heavy atom. The highest BCUT2D eigenvalue weighted by Crippen LogP contribution is 2.21. The smallest absolute Gasteiger partial charge is 0.123 e. The number of rotatable bonds is 9. The monoisotopic (exact) mass is 347 g/mol. The Kier molecular flexibility index (Phi) is 7.05. The summed E-state index contributed by atoms with van der Waals surface area (Å²) in [6.07, 6.45) is 1.08. The van der Waals surface area contributed by atoms with E-state index in [0.29, 0.717) is 26.2 Å². The average Bonchev–Trinajstić information content (AvgIpc) is 3.06. The number of nitrogens with zero attached hydrogens (tertiary/aromatic N) is 1. The highest BCUT2D eigenvalue weighted by molar-refractivity contribution is 5.33. The van der Waals surface area contributed by atoms with Crippen molar-refractivity contribution in [1.82, 2.24) is 4.90 Å². The van der Waals surface area contributed by atoms with Crippen molar-refractivity contribution in [3.8, 4) is 5.75 Å². The van der Waals surface area contributed by atoms with Gasteiger partial charge in [-0.05, 0) is 39.0 Å². The number of hydrogen-bond donors (Lipinski definition) is 1. The molecule has 0 radical (unpaired) electrons. The molecular weight excluding hydrogens is 318 g/mol. The van der Waals surface area contributed by atoms with E-state index in [4.69, 9.17) is 13.9 Å². The third-order valence-electron chi connectivity index (χ3n) is 3.72. The van der Waals surface area contributed by atoms with Crippen LogP contribution in [0.1, 0.15) is 32.1 Å². The molecular formula is C20H29NO4. The number of furan rings is 1. The number of hydrogen-bond acceptors (Lipinski definition) is 5. The van der Waals surface area contributed by atoms with Crippen molar-refractivity contribution in [1.29, 1.82) is 0 Å². The minimum absolute atomic E-state index is 0.268. The highest BCUT2D eigenvalue weighted by Gasteiger charge is 2.18. The van der Waals surface area contributed by atoms with Crippen LogP contribution >= 0.6 is 0 Å². The number of benzene rings is 1. The van der Waals surface area contributed by atoms with Crippen LogP contribution in [-0.2, 0) is 17.8 Å². The molecule has 1 aromatic carbocycles. The third kappa shape index (κ3) is 6.90. The summed E-state index contributed by atoms with van der Waals surface area (Å²) in [5.41, 5.74) is 0.802. The topological polar surface area (TPSA) is 55.1 Å². The third-order valence-corrected chi connectivity index (χ3v) is 3.72. The van der Waals surface area contributed by atoms with Gasteiger partial charge in [0.1, 0.15) is 11.5 Å². The normalized spacial score (nSPS) is 13.2. The van der Waals surface area contributed by atoms with Crippen molar-refractivity contribution < 1.29 is 19.0 Å². The molecule has 138 valence electrons. The fourth-order valence-corrected chi connectivity index (χ4v) is 2.58. The molecule has 0 fully saturated rings. The van der Waals surface area contributed by atoms with E-state index in [0.717, 1.165) is 17.1 Å². The first-order valence-electron chi connectivity index (χ1n) is 8.56. The summed E-state index contributed by atoms with van der Waals surface area (Å²) >= 11 is 0. The lowest BCUT2D eigenvalue weighted by atomic mass is 10.1. The minimum Gasteiger partial charge on any atom is -0.496 e. The first kappa shape index (κ1) is 19.5. The quantitative estimate of drug-likeness (QED) is 0.753. The Morgan fingerprint density at radius 1 is 1.12 bits per heavy atom. The summed E-state index contributed by atoms with van der Waals surface area (Å²) in [4.78, 5) is 2.13. The van der Waals surface area contributed by atoms with Crippen LogP contribution in [0.5, 0.6) is 5.75 Å². The van der Waals surface area contributed by atoms with Crippen molar-refractivity contribution in [2.45, 2.75) is 45.6 Å². The van der Waals surface area contributed by atoms with Crippen molar-refractivity contribution in [3.05, 3.63) is 54.0 Å². The van der Waals surface area contributed by atoms with E-state index in [1.807, 2.05) is 57.2 Å². The first-order chi connectivity index (χ1) is 11.9. The fraction of sp³-hybridized carbons (Fsp3) is 0.500. The van der Waals surface area contributed by atoms with E-state index < -0.39 is 6.10 Å². The zero-order valence-corrected chi connectivity index (χ0v) is 15.6. The molecule has 0 aliphatic carbocycles. The van der Waals surface area contributed by atoms with Gasteiger partial charge in [-0.15, -0.1) is 0 Å². The zero-order chi connectivity index (χ0) is 18.3. The number of ether oxygens (including phenoxy) is 2. The van der Waals surface area contributed by atoms with Crippen LogP contribution in [0, 0.1) is 0 Å². The molecule has 0 aliphatic rings. The van der Waals surface area contributed by atoms with Crippen LogP contribution in [-0.4, -0.2) is 42.0 Å². The van der Waals surface area contributed by atoms with Gasteiger partial charge in [-0.1, -0.05) is 18.2 Å². The molecule has 0 amide bonds. The van der Waals surface area contributed by atoms with Gasteiger partial charge in [0, 0.05) is 18.7 Å². The molecule has 0 saturated heterocycles. The lowest BCUT2D eigenvalue weighted by Gasteiger charge is -2.27. The summed E-state index contributed by atoms with van der Waals surface area (Å²) in [6, 6.07) is 11.7. The van der Waals surface area contributed by atoms with Crippen molar-refractivity contribution >= 4 is 0 Å². The molecule has 0 unspecified atom stereocenters. The van der Waals surface area contributed by atoms with Crippen LogP contribution in [0.2, 0.25) is 0 Å². The molecule has 1 heterocycles. The van der Waals surface area contributed by atoms with E-state index in [1.165, 1.54) is 0 Å². The van der Waals surface area contributed by atoms with Crippen molar-refractivity contribution in [2.24, 2.45) is 0 Å². The molecule has 25 heavy (non-hydrogen) atoms. The zero-order valence-electron chi connectivity index (χ0n) is 15.6. The average molecular weight is 347 g/mol. The van der Waals surface area contributed by atoms with E-state index >= 15 is 0 Å². The van der Waals surface area contributed by atoms with Gasteiger partial charge < -0.3 is 19.0 Å². The van der Waals surface area contributed by atoms with Gasteiger partial charge in [-0.2, -0.15) is 0 Å². The summed E-state index contributed by atoms with van der Waals surface area (Å²) in [5.74, 6) is 1.70. The molecule has 0 aliphatic heterocycles. The molecule has 1 aromatic heterocycles. The molecule has 0 spiro atoms. The molecule has 2 rings (SSSR count). The largest absolute Gasteiger partial charge is 0.496 e. The molecule has 2 aromatic rings. The van der Waals surface area contributed by atoms with Gasteiger partial charge in [0.2, 0.25) is 0 Å². The second kappa shape index (κ2) is 9.04. The fourth-order valence-electron chi connectivity index (χ4n) is 2.58. The molecule has 0 saturated carbocycles. The molecule has 1 N–H and O–H groups in total. The Bertz CT molecular complexity index is 619. The molecule has 1 atom stereocenters. The summed E-state index contributed by atoms with van der Waals surface area (Å²) < 4.78 is 16.6. The van der Waals surface area contributed by atoms with Crippen LogP contribution in [0.3, 0.4) is 0 Å². The second-order valence-corrected chi connectivity index (χ2v) is 7.14. The molecule has 5 nitrogen and oxygen atoms in total. The summed E-state index contributed by atoms with van der Waals surface area (Å²) in [7, 11) is 1.67. The van der Waals surface area contributed by atoms with E-state index in [9.17, 15) is 5.11 Å². The van der Waals surface area contributed by atoms with Crippen LogP contribution in [0.4, 0.5) is 0 Å². The van der Waals surface area contributed by atoms with Crippen molar-refractivity contribution in [3.63, 3.8) is 0 Å². The number of para-hydroxylation sites is 1. The lowest BCUT2D eigenvalue weighted by Crippen LogP contribution is -2.36. The Hall–Kier alpha value is -1.82. The Labute approximate surface area is 150 Å². The number of aliphatic hydroxyl groups excluding tert-OH is 1. The number of aliphatic hydroxyl groups is 1. The summed E-state index contributed by atoms with van der Waals surface area (Å²) in [5, 5.41) is 10.4. The maximum absolute atomic E-state index is 10.4. The van der Waals surface area contributed by atoms with Gasteiger partial charge in [-0.3, -0.25) is 4.90 Å². The minimum atomic E-state index is -0.580. The predicted octanol–water partition coefficient (Wildman–Crippen LogP) is 3.47. The van der Waals surface area contributed by atoms with Crippen LogP contribution in [0.15, 0.2) is 47.1 Å². The lowest BCUT2D eigenvalue weighted by molar-refractivity contribution is -0.0576. The van der Waals surface area contributed by atoms with Gasteiger partial charge in [-0.25, -0.2) is 0 Å². The standard InChI is InChI=1S/C20H29NO4/c1-20(2,3)25-15-17(22)13-21(14-18-9-7-11-24-18)12-16-8-5-6-10-19(16)23-4/h5-11,17,22H,12-15H2,1-4H3/t17-/m0/s1. The van der Waals surface area contributed by atoms with E-state index in [1.54, 1.807) is 13.4 Å². The van der Waals surface area contributed by atoms with Crippen LogP contribution in [0.25, 0.3) is 0 Å². The van der Waals surface area contributed by atoms with Crippen molar-refractivity contribution in [2.75, 3.05) is 20.3 Å². The Balaban J connectivity index is 2.04. The van der Waals surface area contributed by atoms with E-state index in [-0.39, 0.29) is 5.60 Å². The van der Waals surface area contributed by atoms with E-state index in [2.05, 4.69) is 4.90 Å². The molecule has 5 heteroatoms. The number of methoxy groups -OCH3 is 1. The van der Waals surface area contributed by atoms with Gasteiger partial charge >= 0.3 is 0 Å². The van der Waals surface area contributed by atoms with Gasteiger partial charge in [0.15, 0.2) is 0 Å². The highest BCUT2D eigenvalue weighted by atomic mass is 16.5.